The zero-order valence-electron chi connectivity index (χ0n) is 20.5. The Labute approximate surface area is 210 Å². The molecule has 1 aromatic heterocycles. The summed E-state index contributed by atoms with van der Waals surface area (Å²) < 4.78 is 12.4. The smallest absolute Gasteiger partial charge is 0.225 e. The molecule has 1 saturated carbocycles. The topological polar surface area (TPSA) is 80.8 Å². The monoisotopic (exact) mass is 483 g/mol. The van der Waals surface area contributed by atoms with Gasteiger partial charge in [0.1, 0.15) is 35.0 Å². The van der Waals surface area contributed by atoms with Crippen LogP contribution in [-0.2, 0) is 29.0 Å². The zero-order valence-corrected chi connectivity index (χ0v) is 20.5. The van der Waals surface area contributed by atoms with Crippen molar-refractivity contribution in [3.8, 4) is 17.2 Å². The van der Waals surface area contributed by atoms with Crippen molar-refractivity contribution in [3.05, 3.63) is 77.0 Å². The molecule has 2 aliphatic heterocycles. The summed E-state index contributed by atoms with van der Waals surface area (Å²) in [7, 11) is 4.10. The Kier molecular flexibility index (Phi) is 5.72. The molecule has 0 saturated heterocycles. The normalized spacial score (nSPS) is 21.2. The molecule has 1 aliphatic carbocycles. The van der Waals surface area contributed by atoms with Crippen molar-refractivity contribution < 1.29 is 19.1 Å². The van der Waals surface area contributed by atoms with Crippen molar-refractivity contribution in [2.75, 3.05) is 19.4 Å². The number of hydrogen-bond acceptors (Lipinski definition) is 6. The number of anilines is 1. The van der Waals surface area contributed by atoms with Crippen LogP contribution < -0.4 is 14.8 Å². The molecule has 184 valence electrons. The van der Waals surface area contributed by atoms with Crippen molar-refractivity contribution in [2.24, 2.45) is 5.92 Å². The number of fused-ring (bicyclic) bond motifs is 4. The minimum atomic E-state index is -0.0245. The van der Waals surface area contributed by atoms with Crippen molar-refractivity contribution in [1.29, 1.82) is 0 Å². The maximum atomic E-state index is 12.8. The van der Waals surface area contributed by atoms with E-state index in [4.69, 9.17) is 9.47 Å². The van der Waals surface area contributed by atoms with E-state index in [0.717, 1.165) is 34.7 Å². The van der Waals surface area contributed by atoms with E-state index in [1.165, 1.54) is 5.56 Å². The van der Waals surface area contributed by atoms with E-state index in [9.17, 15) is 9.59 Å². The quantitative estimate of drug-likeness (QED) is 0.508. The van der Waals surface area contributed by atoms with Gasteiger partial charge in [-0.1, -0.05) is 24.3 Å². The van der Waals surface area contributed by atoms with Gasteiger partial charge in [0.25, 0.3) is 0 Å². The second-order valence-corrected chi connectivity index (χ2v) is 10.2. The molecule has 3 heterocycles. The molecule has 0 radical (unpaired) electrons. The number of pyridine rings is 1. The number of rotatable bonds is 8. The van der Waals surface area contributed by atoms with Crippen LogP contribution in [0.25, 0.3) is 0 Å². The van der Waals surface area contributed by atoms with E-state index >= 15 is 0 Å². The first-order chi connectivity index (χ1) is 17.4. The Morgan fingerprint density at radius 2 is 1.92 bits per heavy atom. The van der Waals surface area contributed by atoms with Crippen molar-refractivity contribution in [2.45, 2.75) is 44.2 Å². The first-order valence-corrected chi connectivity index (χ1v) is 12.4. The van der Waals surface area contributed by atoms with Gasteiger partial charge < -0.3 is 19.7 Å². The summed E-state index contributed by atoms with van der Waals surface area (Å²) >= 11 is 0. The van der Waals surface area contributed by atoms with Gasteiger partial charge in [-0.2, -0.15) is 0 Å². The second kappa shape index (κ2) is 9.06. The molecule has 6 rings (SSSR count). The minimum absolute atomic E-state index is 0.0245. The van der Waals surface area contributed by atoms with Gasteiger partial charge in [0.15, 0.2) is 0 Å². The first-order valence-electron chi connectivity index (χ1n) is 12.4. The third-order valence-corrected chi connectivity index (χ3v) is 7.19. The number of ether oxygens (including phenoxy) is 2. The lowest BCUT2D eigenvalue weighted by Gasteiger charge is -2.19. The molecule has 0 spiro atoms. The maximum absolute atomic E-state index is 12.8. The molecular formula is C29H29N3O4. The largest absolute Gasteiger partial charge is 0.489 e. The van der Waals surface area contributed by atoms with E-state index < -0.39 is 0 Å². The van der Waals surface area contributed by atoms with Gasteiger partial charge in [-0.15, -0.1) is 0 Å². The number of benzene rings is 2. The summed E-state index contributed by atoms with van der Waals surface area (Å²) in [4.78, 5) is 30.9. The molecule has 3 atom stereocenters. The number of ketones is 1. The van der Waals surface area contributed by atoms with Gasteiger partial charge >= 0.3 is 0 Å². The number of nitrogens with one attached hydrogen (secondary N) is 1. The fourth-order valence-electron chi connectivity index (χ4n) is 5.43. The van der Waals surface area contributed by atoms with Crippen molar-refractivity contribution >= 4 is 17.5 Å². The number of carbonyl (C=O) groups excluding carboxylic acids is 2. The van der Waals surface area contributed by atoms with Crippen LogP contribution in [-0.4, -0.2) is 41.8 Å². The van der Waals surface area contributed by atoms with Gasteiger partial charge in [-0.05, 0) is 55.9 Å². The average Bonchev–Trinajstić information content (AvgIpc) is 3.35. The third kappa shape index (κ3) is 4.46. The zero-order chi connectivity index (χ0) is 24.8. The number of nitrogens with zero attached hydrogens (tertiary/aromatic N) is 2. The van der Waals surface area contributed by atoms with Gasteiger partial charge in [0, 0.05) is 55.0 Å². The van der Waals surface area contributed by atoms with E-state index in [2.05, 4.69) is 39.5 Å². The van der Waals surface area contributed by atoms with Crippen LogP contribution in [0.5, 0.6) is 17.2 Å². The molecule has 0 bridgehead atoms. The summed E-state index contributed by atoms with van der Waals surface area (Å²) in [5.74, 6) is 3.55. The molecule has 1 amide bonds. The van der Waals surface area contributed by atoms with Crippen LogP contribution in [0.2, 0.25) is 0 Å². The summed E-state index contributed by atoms with van der Waals surface area (Å²) in [5.41, 5.74) is 4.33. The molecule has 3 aromatic rings. The van der Waals surface area contributed by atoms with Crippen LogP contribution >= 0.6 is 0 Å². The summed E-state index contributed by atoms with van der Waals surface area (Å²) in [6.07, 6.45) is 3.73. The van der Waals surface area contributed by atoms with E-state index in [0.29, 0.717) is 37.3 Å². The standard InChI is InChI=1S/C29H29N3O4/c1-32(2)16-18-5-3-17(4-6-18)13-19(33)14-23-27-22-15-20(7-9-24(22)36-28(23)27)35-25-11-12-30-29-21(25)8-10-26(34)31-29/h3-7,9,11-12,15,23,27-28H,8,10,13-14,16H2,1-2H3,(H,30,31,34)/t23-,27-,28+/m0/s1. The molecular weight excluding hydrogens is 454 g/mol. The van der Waals surface area contributed by atoms with Gasteiger partial charge in [0.2, 0.25) is 5.91 Å². The predicted octanol–water partition coefficient (Wildman–Crippen LogP) is 4.50. The molecule has 7 nitrogen and oxygen atoms in total. The molecule has 3 aliphatic rings. The third-order valence-electron chi connectivity index (χ3n) is 7.19. The minimum Gasteiger partial charge on any atom is -0.489 e. The van der Waals surface area contributed by atoms with Crippen molar-refractivity contribution in [3.63, 3.8) is 0 Å². The number of hydrogen-bond donors (Lipinski definition) is 1. The SMILES string of the molecule is CN(C)Cc1ccc(CC(=O)C[C@@H]2[C@H]3Oc4ccc(Oc5ccnc6c5CCC(=O)N6)cc4[C@@H]23)cc1. The fourth-order valence-corrected chi connectivity index (χ4v) is 5.43. The summed E-state index contributed by atoms with van der Waals surface area (Å²) in [6, 6.07) is 16.0. The lowest BCUT2D eigenvalue weighted by molar-refractivity contribution is -0.119. The van der Waals surface area contributed by atoms with Crippen LogP contribution in [0.1, 0.15) is 41.0 Å². The highest BCUT2D eigenvalue weighted by molar-refractivity contribution is 5.93. The predicted molar refractivity (Wildman–Crippen MR) is 136 cm³/mol. The van der Waals surface area contributed by atoms with E-state index in [1.807, 2.05) is 38.4 Å². The molecule has 0 unspecified atom stereocenters. The van der Waals surface area contributed by atoms with Crippen LogP contribution in [0.4, 0.5) is 5.82 Å². The Morgan fingerprint density at radius 1 is 1.11 bits per heavy atom. The molecule has 2 aromatic carbocycles. The maximum Gasteiger partial charge on any atom is 0.225 e. The second-order valence-electron chi connectivity index (χ2n) is 10.2. The molecule has 1 N–H and O–H groups in total. The summed E-state index contributed by atoms with van der Waals surface area (Å²) in [6.45, 7) is 0.891. The molecule has 7 heteroatoms. The lowest BCUT2D eigenvalue weighted by Crippen LogP contribution is -2.20. The number of carbonyl (C=O) groups is 2. The van der Waals surface area contributed by atoms with Crippen LogP contribution in [0.3, 0.4) is 0 Å². The number of amides is 1. The Bertz CT molecular complexity index is 1330. The Hall–Kier alpha value is -3.71. The Balaban J connectivity index is 1.10. The highest BCUT2D eigenvalue weighted by Gasteiger charge is 2.59. The van der Waals surface area contributed by atoms with Crippen LogP contribution in [0, 0.1) is 5.92 Å². The Morgan fingerprint density at radius 3 is 2.72 bits per heavy atom. The van der Waals surface area contributed by atoms with E-state index in [-0.39, 0.29) is 29.6 Å². The van der Waals surface area contributed by atoms with Gasteiger partial charge in [0.05, 0.1) is 0 Å². The highest BCUT2D eigenvalue weighted by Crippen LogP contribution is 2.60. The van der Waals surface area contributed by atoms with Gasteiger partial charge in [-0.25, -0.2) is 4.98 Å². The number of Topliss-reactive ketones (excluding diaryl/α,β-unsaturated/α-hetero) is 1. The van der Waals surface area contributed by atoms with E-state index in [1.54, 1.807) is 6.20 Å². The number of aromatic nitrogens is 1. The average molecular weight is 484 g/mol. The molecule has 36 heavy (non-hydrogen) atoms. The van der Waals surface area contributed by atoms with Crippen LogP contribution in [0.15, 0.2) is 54.7 Å². The first kappa shape index (κ1) is 22.7. The molecule has 1 fully saturated rings. The summed E-state index contributed by atoms with van der Waals surface area (Å²) in [5, 5.41) is 2.81. The lowest BCUT2D eigenvalue weighted by atomic mass is 10.0. The van der Waals surface area contributed by atoms with Crippen molar-refractivity contribution in [1.82, 2.24) is 9.88 Å². The van der Waals surface area contributed by atoms with Gasteiger partial charge in [-0.3, -0.25) is 9.59 Å². The highest BCUT2D eigenvalue weighted by atomic mass is 16.5. The fraction of sp³-hybridized carbons (Fsp3) is 0.345.